The first-order chi connectivity index (χ1) is 13.9. The van der Waals surface area contributed by atoms with Crippen molar-refractivity contribution in [3.8, 4) is 5.75 Å². The second-order valence-corrected chi connectivity index (χ2v) is 7.65. The van der Waals surface area contributed by atoms with Gasteiger partial charge in [-0.15, -0.1) is 0 Å². The maximum absolute atomic E-state index is 13.4. The Balaban J connectivity index is 1.54. The molecule has 3 rings (SSSR count). The van der Waals surface area contributed by atoms with Gasteiger partial charge in [0, 0.05) is 18.2 Å². The van der Waals surface area contributed by atoms with Crippen molar-refractivity contribution < 1.29 is 18.7 Å². The lowest BCUT2D eigenvalue weighted by Crippen LogP contribution is -2.39. The summed E-state index contributed by atoms with van der Waals surface area (Å²) in [4.78, 5) is 26.5. The molecule has 29 heavy (non-hydrogen) atoms. The Bertz CT molecular complexity index is 851. The first kappa shape index (κ1) is 20.8. The van der Waals surface area contributed by atoms with Crippen LogP contribution in [0, 0.1) is 5.82 Å². The van der Waals surface area contributed by atoms with Crippen LogP contribution in [0.2, 0.25) is 0 Å². The molecule has 0 radical (unpaired) electrons. The Labute approximate surface area is 170 Å². The van der Waals surface area contributed by atoms with Crippen LogP contribution >= 0.6 is 0 Å². The van der Waals surface area contributed by atoms with Crippen molar-refractivity contribution >= 4 is 11.8 Å². The van der Waals surface area contributed by atoms with Crippen molar-refractivity contribution in [1.82, 2.24) is 10.2 Å². The van der Waals surface area contributed by atoms with Crippen molar-refractivity contribution in [3.05, 3.63) is 65.5 Å². The highest BCUT2D eigenvalue weighted by Crippen LogP contribution is 2.21. The predicted molar refractivity (Wildman–Crippen MR) is 109 cm³/mol. The van der Waals surface area contributed by atoms with Crippen LogP contribution in [-0.4, -0.2) is 41.9 Å². The number of hydrogen-bond acceptors (Lipinski definition) is 3. The van der Waals surface area contributed by atoms with Crippen LogP contribution < -0.4 is 10.1 Å². The van der Waals surface area contributed by atoms with Gasteiger partial charge in [-0.25, -0.2) is 4.39 Å². The molecule has 1 unspecified atom stereocenters. The highest BCUT2D eigenvalue weighted by atomic mass is 19.1. The van der Waals surface area contributed by atoms with E-state index < -0.39 is 0 Å². The van der Waals surface area contributed by atoms with E-state index >= 15 is 0 Å². The molecule has 2 aromatic rings. The van der Waals surface area contributed by atoms with Crippen LogP contribution in [0.1, 0.15) is 42.6 Å². The Morgan fingerprint density at radius 1 is 1.21 bits per heavy atom. The summed E-state index contributed by atoms with van der Waals surface area (Å²) in [6.07, 6.45) is 1.99. The van der Waals surface area contributed by atoms with Crippen molar-refractivity contribution in [2.45, 2.75) is 45.2 Å². The molecule has 1 saturated heterocycles. The molecule has 5 nitrogen and oxygen atoms in total. The third kappa shape index (κ3) is 5.79. The third-order valence-electron chi connectivity index (χ3n) is 4.92. The number of nitrogens with zero attached hydrogens (tertiary/aromatic N) is 1. The first-order valence-electron chi connectivity index (χ1n) is 10.00. The van der Waals surface area contributed by atoms with Gasteiger partial charge in [-0.3, -0.25) is 9.59 Å². The number of hydrogen-bond donors (Lipinski definition) is 1. The van der Waals surface area contributed by atoms with Crippen molar-refractivity contribution in [2.24, 2.45) is 0 Å². The monoisotopic (exact) mass is 398 g/mol. The number of ether oxygens (including phenoxy) is 1. The van der Waals surface area contributed by atoms with E-state index in [-0.39, 0.29) is 36.1 Å². The predicted octanol–water partition coefficient (Wildman–Crippen LogP) is 3.58. The van der Waals surface area contributed by atoms with Gasteiger partial charge in [0.15, 0.2) is 0 Å². The van der Waals surface area contributed by atoms with Crippen molar-refractivity contribution in [3.63, 3.8) is 0 Å². The molecule has 0 bridgehead atoms. The average molecular weight is 398 g/mol. The number of carbonyl (C=O) groups is 2. The third-order valence-corrected chi connectivity index (χ3v) is 4.92. The lowest BCUT2D eigenvalue weighted by atomic mass is 10.1. The minimum absolute atomic E-state index is 0.0000229. The van der Waals surface area contributed by atoms with E-state index in [1.165, 1.54) is 12.1 Å². The lowest BCUT2D eigenvalue weighted by molar-refractivity contribution is -0.131. The zero-order valence-corrected chi connectivity index (χ0v) is 16.9. The number of carbonyl (C=O) groups excluding carboxylic acids is 2. The van der Waals surface area contributed by atoms with Crippen LogP contribution in [0.3, 0.4) is 0 Å². The fraction of sp³-hybridized carbons (Fsp3) is 0.391. The Morgan fingerprint density at radius 3 is 2.66 bits per heavy atom. The number of likely N-dealkylation sites (tertiary alicyclic amines) is 1. The summed E-state index contributed by atoms with van der Waals surface area (Å²) in [5.41, 5.74) is 1.26. The molecule has 1 fully saturated rings. The fourth-order valence-corrected chi connectivity index (χ4v) is 3.50. The Kier molecular flexibility index (Phi) is 6.86. The number of halogens is 1. The van der Waals surface area contributed by atoms with E-state index in [1.54, 1.807) is 36.4 Å². The molecule has 0 aliphatic carbocycles. The summed E-state index contributed by atoms with van der Waals surface area (Å²) in [5.74, 6) is 0.205. The van der Waals surface area contributed by atoms with Crippen molar-refractivity contribution in [2.75, 3.05) is 13.2 Å². The highest BCUT2D eigenvalue weighted by Gasteiger charge is 2.29. The van der Waals surface area contributed by atoms with Gasteiger partial charge < -0.3 is 15.0 Å². The topological polar surface area (TPSA) is 58.6 Å². The van der Waals surface area contributed by atoms with Crippen LogP contribution in [0.5, 0.6) is 5.75 Å². The summed E-state index contributed by atoms with van der Waals surface area (Å²) in [6, 6.07) is 13.2. The van der Waals surface area contributed by atoms with Gasteiger partial charge >= 0.3 is 0 Å². The van der Waals surface area contributed by atoms with E-state index in [4.69, 9.17) is 4.74 Å². The molecule has 154 valence electrons. The molecular formula is C23H27FN2O3. The second-order valence-electron chi connectivity index (χ2n) is 7.65. The van der Waals surface area contributed by atoms with E-state index in [0.717, 1.165) is 12.8 Å². The van der Waals surface area contributed by atoms with E-state index in [1.807, 2.05) is 18.7 Å². The van der Waals surface area contributed by atoms with Gasteiger partial charge in [-0.1, -0.05) is 12.1 Å². The van der Waals surface area contributed by atoms with Gasteiger partial charge in [0.25, 0.3) is 5.91 Å². The summed E-state index contributed by atoms with van der Waals surface area (Å²) < 4.78 is 19.2. The Morgan fingerprint density at radius 2 is 1.97 bits per heavy atom. The quantitative estimate of drug-likeness (QED) is 0.776. The molecule has 1 aliphatic rings. The number of benzene rings is 2. The second kappa shape index (κ2) is 9.54. The smallest absolute Gasteiger partial charge is 0.251 e. The molecule has 6 heteroatoms. The summed E-state index contributed by atoms with van der Waals surface area (Å²) in [6.45, 7) is 4.92. The standard InChI is InChI=1S/C23H27FN2O3/c1-16(2)25-23(28)18-8-10-21(11-9-18)29-15-20-7-4-12-26(20)22(27)14-17-5-3-6-19(24)13-17/h3,5-6,8-11,13,16,20H,4,7,12,14-15H2,1-2H3,(H,25,28). The van der Waals surface area contributed by atoms with Gasteiger partial charge in [0.05, 0.1) is 12.5 Å². The molecule has 2 aromatic carbocycles. The minimum Gasteiger partial charge on any atom is -0.491 e. The number of amides is 2. The van der Waals surface area contributed by atoms with E-state index in [2.05, 4.69) is 5.32 Å². The molecule has 1 atom stereocenters. The zero-order valence-electron chi connectivity index (χ0n) is 16.9. The van der Waals surface area contributed by atoms with E-state index in [0.29, 0.717) is 30.0 Å². The molecule has 2 amide bonds. The van der Waals surface area contributed by atoms with Gasteiger partial charge in [-0.2, -0.15) is 0 Å². The lowest BCUT2D eigenvalue weighted by Gasteiger charge is -2.25. The maximum Gasteiger partial charge on any atom is 0.251 e. The van der Waals surface area contributed by atoms with Crippen molar-refractivity contribution in [1.29, 1.82) is 0 Å². The molecule has 0 saturated carbocycles. The van der Waals surface area contributed by atoms with E-state index in [9.17, 15) is 14.0 Å². The molecule has 0 spiro atoms. The minimum atomic E-state index is -0.331. The first-order valence-corrected chi connectivity index (χ1v) is 10.00. The van der Waals surface area contributed by atoms with Gasteiger partial charge in [0.1, 0.15) is 18.2 Å². The molecule has 1 aliphatic heterocycles. The summed E-state index contributed by atoms with van der Waals surface area (Å²) in [5, 5.41) is 2.85. The van der Waals surface area contributed by atoms with Crippen LogP contribution in [-0.2, 0) is 11.2 Å². The Hall–Kier alpha value is -2.89. The molecule has 1 heterocycles. The van der Waals surface area contributed by atoms with Crippen LogP contribution in [0.15, 0.2) is 48.5 Å². The molecular weight excluding hydrogens is 371 g/mol. The SMILES string of the molecule is CC(C)NC(=O)c1ccc(OCC2CCCN2C(=O)Cc2cccc(F)c2)cc1. The zero-order chi connectivity index (χ0) is 20.8. The number of nitrogens with one attached hydrogen (secondary N) is 1. The summed E-state index contributed by atoms with van der Waals surface area (Å²) in [7, 11) is 0. The van der Waals surface area contributed by atoms with Gasteiger partial charge in [-0.05, 0) is 68.7 Å². The molecule has 0 aromatic heterocycles. The van der Waals surface area contributed by atoms with Gasteiger partial charge in [0.2, 0.25) is 5.91 Å². The van der Waals surface area contributed by atoms with Crippen LogP contribution in [0.25, 0.3) is 0 Å². The highest BCUT2D eigenvalue weighted by molar-refractivity contribution is 5.94. The number of rotatable bonds is 7. The summed E-state index contributed by atoms with van der Waals surface area (Å²) >= 11 is 0. The normalized spacial score (nSPS) is 16.1. The molecule has 1 N–H and O–H groups in total. The largest absolute Gasteiger partial charge is 0.491 e. The van der Waals surface area contributed by atoms with Crippen LogP contribution in [0.4, 0.5) is 4.39 Å². The maximum atomic E-state index is 13.4. The fourth-order valence-electron chi connectivity index (χ4n) is 3.50. The average Bonchev–Trinajstić information content (AvgIpc) is 3.15.